The maximum absolute atomic E-state index is 11.0. The van der Waals surface area contributed by atoms with Gasteiger partial charge in [0.1, 0.15) is 0 Å². The first-order valence-corrected chi connectivity index (χ1v) is 5.48. The zero-order valence-electron chi connectivity index (χ0n) is 7.66. The molecule has 0 unspecified atom stereocenters. The van der Waals surface area contributed by atoms with Crippen LogP contribution in [-0.4, -0.2) is 14.7 Å². The molecule has 3 heteroatoms. The van der Waals surface area contributed by atoms with E-state index < -0.39 is 9.84 Å². The normalized spacial score (nSPS) is 14.6. The zero-order valence-corrected chi connectivity index (χ0v) is 8.48. The third-order valence-electron chi connectivity index (χ3n) is 1.45. The van der Waals surface area contributed by atoms with Gasteiger partial charge in [0.15, 0.2) is 9.84 Å². The maximum atomic E-state index is 11.0. The summed E-state index contributed by atoms with van der Waals surface area (Å²) in [6.07, 6.45) is 5.96. The van der Waals surface area contributed by atoms with Gasteiger partial charge in [0.25, 0.3) is 0 Å². The van der Waals surface area contributed by atoms with E-state index in [0.29, 0.717) is 0 Å². The minimum Gasteiger partial charge on any atom is -0.224 e. The van der Waals surface area contributed by atoms with Gasteiger partial charge in [-0.25, -0.2) is 8.42 Å². The van der Waals surface area contributed by atoms with Crippen LogP contribution in [0, 0.1) is 0 Å². The van der Waals surface area contributed by atoms with E-state index >= 15 is 0 Å². The molecule has 0 aromatic rings. The Labute approximate surface area is 74.2 Å². The topological polar surface area (TPSA) is 34.1 Å². The van der Waals surface area contributed by atoms with Crippen molar-refractivity contribution in [3.05, 3.63) is 35.3 Å². The third kappa shape index (κ3) is 3.53. The summed E-state index contributed by atoms with van der Waals surface area (Å²) >= 11 is 0. The molecule has 0 aliphatic heterocycles. The Kier molecular flexibility index (Phi) is 3.96. The summed E-state index contributed by atoms with van der Waals surface area (Å²) in [6.45, 7) is 7.14. The van der Waals surface area contributed by atoms with Crippen LogP contribution in [0.3, 0.4) is 0 Å². The molecule has 2 nitrogen and oxygen atoms in total. The first-order chi connectivity index (χ1) is 5.41. The highest BCUT2D eigenvalue weighted by molar-refractivity contribution is 7.94. The lowest BCUT2D eigenvalue weighted by atomic mass is 10.2. The van der Waals surface area contributed by atoms with Gasteiger partial charge in [-0.15, -0.1) is 0 Å². The standard InChI is InChI=1S/C9H14O2S/c1-5-8(3)7-9(6-2)12(4,10)11/h5-7H,2H2,1,3-4H3/b8-5-,9-7+. The Bertz CT molecular complexity index is 318. The third-order valence-corrected chi connectivity index (χ3v) is 2.60. The molecule has 0 radical (unpaired) electrons. The monoisotopic (exact) mass is 186 g/mol. The first-order valence-electron chi connectivity index (χ1n) is 3.59. The van der Waals surface area contributed by atoms with Crippen LogP contribution in [0.5, 0.6) is 0 Å². The number of allylic oxidation sites excluding steroid dienone is 4. The quantitative estimate of drug-likeness (QED) is 0.632. The minimum absolute atomic E-state index is 0.262. The highest BCUT2D eigenvalue weighted by atomic mass is 32.2. The van der Waals surface area contributed by atoms with Gasteiger partial charge in [0, 0.05) is 6.26 Å². The summed E-state index contributed by atoms with van der Waals surface area (Å²) in [5, 5.41) is 0. The largest absolute Gasteiger partial charge is 0.224 e. The molecule has 0 saturated heterocycles. The lowest BCUT2D eigenvalue weighted by Gasteiger charge is -1.97. The van der Waals surface area contributed by atoms with Crippen LogP contribution in [0.15, 0.2) is 35.3 Å². The van der Waals surface area contributed by atoms with Crippen molar-refractivity contribution in [2.45, 2.75) is 13.8 Å². The van der Waals surface area contributed by atoms with Crippen molar-refractivity contribution in [1.82, 2.24) is 0 Å². The van der Waals surface area contributed by atoms with Crippen LogP contribution in [0.1, 0.15) is 13.8 Å². The van der Waals surface area contributed by atoms with E-state index in [9.17, 15) is 8.42 Å². The van der Waals surface area contributed by atoms with Crippen LogP contribution in [-0.2, 0) is 9.84 Å². The van der Waals surface area contributed by atoms with Crippen LogP contribution >= 0.6 is 0 Å². The molecule has 0 aromatic heterocycles. The highest BCUT2D eigenvalue weighted by Gasteiger charge is 2.05. The molecule has 0 saturated carbocycles. The average Bonchev–Trinajstić information content (AvgIpc) is 1.97. The van der Waals surface area contributed by atoms with Crippen molar-refractivity contribution in [2.24, 2.45) is 0 Å². The smallest absolute Gasteiger partial charge is 0.175 e. The van der Waals surface area contributed by atoms with E-state index in [1.807, 2.05) is 19.9 Å². The summed E-state index contributed by atoms with van der Waals surface area (Å²) in [5.41, 5.74) is 0.912. The van der Waals surface area contributed by atoms with Gasteiger partial charge in [-0.3, -0.25) is 0 Å². The van der Waals surface area contributed by atoms with E-state index in [1.165, 1.54) is 12.3 Å². The van der Waals surface area contributed by atoms with Crippen LogP contribution in [0.2, 0.25) is 0 Å². The molecule has 68 valence electrons. The summed E-state index contributed by atoms with van der Waals surface area (Å²) in [4.78, 5) is 0.262. The average molecular weight is 186 g/mol. The minimum atomic E-state index is -3.12. The van der Waals surface area contributed by atoms with E-state index in [4.69, 9.17) is 0 Å². The Morgan fingerprint density at radius 3 is 2.17 bits per heavy atom. The van der Waals surface area contributed by atoms with Crippen LogP contribution in [0.4, 0.5) is 0 Å². The van der Waals surface area contributed by atoms with Crippen LogP contribution in [0.25, 0.3) is 0 Å². The van der Waals surface area contributed by atoms with E-state index in [1.54, 1.807) is 6.08 Å². The van der Waals surface area contributed by atoms with Gasteiger partial charge < -0.3 is 0 Å². The zero-order chi connectivity index (χ0) is 9.78. The molecule has 0 N–H and O–H groups in total. The van der Waals surface area contributed by atoms with E-state index in [0.717, 1.165) is 5.57 Å². The molecular formula is C9H14O2S. The lowest BCUT2D eigenvalue weighted by Crippen LogP contribution is -1.98. The summed E-state index contributed by atoms with van der Waals surface area (Å²) in [7, 11) is -3.12. The molecule has 0 atom stereocenters. The molecule has 0 aliphatic rings. The predicted molar refractivity (Wildman–Crippen MR) is 52.6 cm³/mol. The molecule has 0 rings (SSSR count). The summed E-state index contributed by atoms with van der Waals surface area (Å²) < 4.78 is 22.1. The predicted octanol–water partition coefficient (Wildman–Crippen LogP) is 2.07. The van der Waals surface area contributed by atoms with Crippen molar-refractivity contribution in [3.8, 4) is 0 Å². The fourth-order valence-corrected chi connectivity index (χ4v) is 1.33. The van der Waals surface area contributed by atoms with Gasteiger partial charge in [0.2, 0.25) is 0 Å². The SMILES string of the molecule is C=C/C(=C\C(C)=C/C)S(C)(=O)=O. The molecule has 0 fully saturated rings. The van der Waals surface area contributed by atoms with Crippen molar-refractivity contribution >= 4 is 9.84 Å². The molecule has 0 aliphatic carbocycles. The van der Waals surface area contributed by atoms with Crippen molar-refractivity contribution in [1.29, 1.82) is 0 Å². The van der Waals surface area contributed by atoms with Gasteiger partial charge in [-0.05, 0) is 19.9 Å². The molecule has 0 spiro atoms. The first kappa shape index (κ1) is 11.2. The van der Waals surface area contributed by atoms with Gasteiger partial charge in [-0.1, -0.05) is 24.3 Å². The Hall–Kier alpha value is -0.830. The number of rotatable bonds is 3. The fourth-order valence-electron chi connectivity index (χ4n) is 0.625. The van der Waals surface area contributed by atoms with E-state index in [-0.39, 0.29) is 4.91 Å². The molecule has 0 aromatic carbocycles. The maximum Gasteiger partial charge on any atom is 0.175 e. The summed E-state index contributed by atoms with van der Waals surface area (Å²) in [5.74, 6) is 0. The molecule has 0 bridgehead atoms. The molecule has 0 amide bonds. The number of hydrogen-bond donors (Lipinski definition) is 0. The Morgan fingerprint density at radius 2 is 1.92 bits per heavy atom. The second-order valence-electron chi connectivity index (χ2n) is 2.56. The van der Waals surface area contributed by atoms with Crippen molar-refractivity contribution < 1.29 is 8.42 Å². The second-order valence-corrected chi connectivity index (χ2v) is 4.57. The Balaban J connectivity index is 5.08. The summed E-state index contributed by atoms with van der Waals surface area (Å²) in [6, 6.07) is 0. The lowest BCUT2D eigenvalue weighted by molar-refractivity contribution is 0.608. The highest BCUT2D eigenvalue weighted by Crippen LogP contribution is 2.09. The van der Waals surface area contributed by atoms with E-state index in [2.05, 4.69) is 6.58 Å². The number of sulfone groups is 1. The Morgan fingerprint density at radius 1 is 1.42 bits per heavy atom. The molecular weight excluding hydrogens is 172 g/mol. The second kappa shape index (κ2) is 4.26. The van der Waals surface area contributed by atoms with Gasteiger partial charge >= 0.3 is 0 Å². The van der Waals surface area contributed by atoms with Gasteiger partial charge in [-0.2, -0.15) is 0 Å². The molecule has 0 heterocycles. The van der Waals surface area contributed by atoms with Crippen molar-refractivity contribution in [2.75, 3.05) is 6.26 Å². The van der Waals surface area contributed by atoms with Crippen LogP contribution < -0.4 is 0 Å². The number of hydrogen-bond acceptors (Lipinski definition) is 2. The fraction of sp³-hybridized carbons (Fsp3) is 0.333. The van der Waals surface area contributed by atoms with Crippen molar-refractivity contribution in [3.63, 3.8) is 0 Å². The van der Waals surface area contributed by atoms with Gasteiger partial charge in [0.05, 0.1) is 4.91 Å². The molecule has 12 heavy (non-hydrogen) atoms.